The fourth-order valence-corrected chi connectivity index (χ4v) is 2.59. The number of unbranched alkanes of at least 4 members (excludes halogenated alkanes) is 7. The number of hydrogen-bond donors (Lipinski definition) is 2. The zero-order valence-corrected chi connectivity index (χ0v) is 13.8. The minimum Gasteiger partial charge on any atom is -0.504 e. The number of aromatic hydroxyl groups is 2. The molecule has 22 heavy (non-hydrogen) atoms. The zero-order chi connectivity index (χ0) is 16.2. The maximum absolute atomic E-state index is 11.8. The van der Waals surface area contributed by atoms with Crippen molar-refractivity contribution in [1.82, 2.24) is 0 Å². The molecule has 0 spiro atoms. The molecule has 124 valence electrons. The van der Waals surface area contributed by atoms with E-state index in [2.05, 4.69) is 6.92 Å². The van der Waals surface area contributed by atoms with Gasteiger partial charge in [-0.1, -0.05) is 57.9 Å². The number of hydrogen-bond acceptors (Lipinski definition) is 3. The maximum atomic E-state index is 11.8. The Morgan fingerprint density at radius 3 is 2.14 bits per heavy atom. The molecule has 0 aromatic heterocycles. The molecule has 1 aromatic rings. The van der Waals surface area contributed by atoms with E-state index < -0.39 is 0 Å². The lowest BCUT2D eigenvalue weighted by molar-refractivity contribution is -0.119. The second kappa shape index (κ2) is 11.1. The Labute approximate surface area is 134 Å². The second-order valence-electron chi connectivity index (χ2n) is 6.09. The van der Waals surface area contributed by atoms with Gasteiger partial charge in [0.2, 0.25) is 0 Å². The van der Waals surface area contributed by atoms with Crippen LogP contribution in [0.5, 0.6) is 11.5 Å². The van der Waals surface area contributed by atoms with Crippen LogP contribution in [-0.4, -0.2) is 16.0 Å². The van der Waals surface area contributed by atoms with Gasteiger partial charge in [-0.15, -0.1) is 0 Å². The molecule has 0 amide bonds. The van der Waals surface area contributed by atoms with Gasteiger partial charge in [0, 0.05) is 12.8 Å². The molecule has 0 aliphatic carbocycles. The Hall–Kier alpha value is -1.51. The minimum atomic E-state index is -0.118. The predicted molar refractivity (Wildman–Crippen MR) is 90.3 cm³/mol. The van der Waals surface area contributed by atoms with E-state index in [4.69, 9.17) is 0 Å². The fraction of sp³-hybridized carbons (Fsp3) is 0.632. The van der Waals surface area contributed by atoms with E-state index in [0.717, 1.165) is 18.4 Å². The average Bonchev–Trinajstić information content (AvgIpc) is 2.51. The average molecular weight is 306 g/mol. The zero-order valence-electron chi connectivity index (χ0n) is 13.8. The first kappa shape index (κ1) is 18.5. The monoisotopic (exact) mass is 306 g/mol. The van der Waals surface area contributed by atoms with Crippen LogP contribution >= 0.6 is 0 Å². The van der Waals surface area contributed by atoms with Crippen molar-refractivity contribution < 1.29 is 15.0 Å². The van der Waals surface area contributed by atoms with Crippen molar-refractivity contribution in [2.45, 2.75) is 77.6 Å². The molecular weight excluding hydrogens is 276 g/mol. The van der Waals surface area contributed by atoms with Crippen molar-refractivity contribution >= 4 is 5.78 Å². The molecule has 0 bridgehead atoms. The van der Waals surface area contributed by atoms with Crippen molar-refractivity contribution in [3.8, 4) is 11.5 Å². The number of carbonyl (C=O) groups is 1. The summed E-state index contributed by atoms with van der Waals surface area (Å²) in [5.41, 5.74) is 0.888. The van der Waals surface area contributed by atoms with Crippen LogP contribution in [-0.2, 0) is 11.2 Å². The summed E-state index contributed by atoms with van der Waals surface area (Å²) in [5, 5.41) is 18.6. The number of Topliss-reactive ketones (excluding diaryl/α,β-unsaturated/α-hetero) is 1. The van der Waals surface area contributed by atoms with Crippen molar-refractivity contribution in [2.24, 2.45) is 0 Å². The van der Waals surface area contributed by atoms with E-state index in [-0.39, 0.29) is 11.5 Å². The van der Waals surface area contributed by atoms with Crippen LogP contribution in [0.15, 0.2) is 18.2 Å². The maximum Gasteiger partial charge on any atom is 0.157 e. The van der Waals surface area contributed by atoms with E-state index in [0.29, 0.717) is 25.0 Å². The van der Waals surface area contributed by atoms with Gasteiger partial charge in [-0.3, -0.25) is 4.79 Å². The molecule has 1 aromatic carbocycles. The second-order valence-corrected chi connectivity index (χ2v) is 6.09. The van der Waals surface area contributed by atoms with Gasteiger partial charge in [0.15, 0.2) is 11.5 Å². The first-order valence-corrected chi connectivity index (χ1v) is 8.66. The van der Waals surface area contributed by atoms with Crippen LogP contribution in [0.4, 0.5) is 0 Å². The smallest absolute Gasteiger partial charge is 0.157 e. The quantitative estimate of drug-likeness (QED) is 0.416. The van der Waals surface area contributed by atoms with Crippen molar-refractivity contribution in [3.63, 3.8) is 0 Å². The lowest BCUT2D eigenvalue weighted by Gasteiger charge is -2.04. The number of phenols is 2. The highest BCUT2D eigenvalue weighted by atomic mass is 16.3. The van der Waals surface area contributed by atoms with Gasteiger partial charge in [0.25, 0.3) is 0 Å². The summed E-state index contributed by atoms with van der Waals surface area (Å²) in [6, 6.07) is 4.74. The van der Waals surface area contributed by atoms with Gasteiger partial charge >= 0.3 is 0 Å². The largest absolute Gasteiger partial charge is 0.504 e. The molecule has 0 heterocycles. The third-order valence-corrected chi connectivity index (χ3v) is 4.04. The molecule has 0 unspecified atom stereocenters. The lowest BCUT2D eigenvalue weighted by atomic mass is 10.0. The van der Waals surface area contributed by atoms with Crippen molar-refractivity contribution in [2.75, 3.05) is 0 Å². The SMILES string of the molecule is CCCCCCCCCCC(=O)CCc1ccc(O)c(O)c1. The number of aryl methyl sites for hydroxylation is 1. The fourth-order valence-electron chi connectivity index (χ4n) is 2.59. The van der Waals surface area contributed by atoms with Gasteiger partial charge in [-0.05, 0) is 30.5 Å². The highest BCUT2D eigenvalue weighted by Crippen LogP contribution is 2.25. The van der Waals surface area contributed by atoms with Crippen LogP contribution in [0, 0.1) is 0 Å². The molecule has 3 nitrogen and oxygen atoms in total. The molecule has 0 saturated carbocycles. The number of benzene rings is 1. The number of rotatable bonds is 12. The van der Waals surface area contributed by atoms with E-state index in [1.807, 2.05) is 0 Å². The first-order chi connectivity index (χ1) is 10.6. The molecule has 0 atom stereocenters. The van der Waals surface area contributed by atoms with Crippen LogP contribution in [0.1, 0.15) is 76.7 Å². The molecule has 0 radical (unpaired) electrons. The Morgan fingerprint density at radius 1 is 0.864 bits per heavy atom. The highest BCUT2D eigenvalue weighted by molar-refractivity contribution is 5.78. The van der Waals surface area contributed by atoms with Crippen LogP contribution in [0.2, 0.25) is 0 Å². The summed E-state index contributed by atoms with van der Waals surface area (Å²) >= 11 is 0. The van der Waals surface area contributed by atoms with Crippen molar-refractivity contribution in [1.29, 1.82) is 0 Å². The summed E-state index contributed by atoms with van der Waals surface area (Å²) in [4.78, 5) is 11.8. The van der Waals surface area contributed by atoms with E-state index >= 15 is 0 Å². The number of ketones is 1. The summed E-state index contributed by atoms with van der Waals surface area (Å²) in [6.45, 7) is 2.23. The molecule has 0 aliphatic rings. The number of phenolic OH excluding ortho intramolecular Hbond substituents is 2. The van der Waals surface area contributed by atoms with Gasteiger partial charge in [0.05, 0.1) is 0 Å². The van der Waals surface area contributed by atoms with E-state index in [1.165, 1.54) is 50.7 Å². The molecular formula is C19H30O3. The molecule has 2 N–H and O–H groups in total. The standard InChI is InChI=1S/C19H30O3/c1-2-3-4-5-6-7-8-9-10-17(20)13-11-16-12-14-18(21)19(22)15-16/h12,14-15,21-22H,2-11,13H2,1H3. The number of carbonyl (C=O) groups excluding carboxylic acids is 1. The Bertz CT molecular complexity index is 440. The van der Waals surface area contributed by atoms with Crippen molar-refractivity contribution in [3.05, 3.63) is 23.8 Å². The van der Waals surface area contributed by atoms with Gasteiger partial charge in [-0.25, -0.2) is 0 Å². The highest BCUT2D eigenvalue weighted by Gasteiger charge is 2.05. The Morgan fingerprint density at radius 2 is 1.50 bits per heavy atom. The third-order valence-electron chi connectivity index (χ3n) is 4.04. The minimum absolute atomic E-state index is 0.117. The first-order valence-electron chi connectivity index (χ1n) is 8.66. The normalized spacial score (nSPS) is 10.8. The van der Waals surface area contributed by atoms with Gasteiger partial charge in [-0.2, -0.15) is 0 Å². The van der Waals surface area contributed by atoms with Crippen LogP contribution in [0.3, 0.4) is 0 Å². The Kier molecular flexibility index (Phi) is 9.36. The van der Waals surface area contributed by atoms with Crippen LogP contribution in [0.25, 0.3) is 0 Å². The molecule has 0 fully saturated rings. The van der Waals surface area contributed by atoms with Crippen LogP contribution < -0.4 is 0 Å². The Balaban J connectivity index is 2.05. The predicted octanol–water partition coefficient (Wildman–Crippen LogP) is 5.13. The third kappa shape index (κ3) is 8.06. The lowest BCUT2D eigenvalue weighted by Crippen LogP contribution is -2.00. The van der Waals surface area contributed by atoms with Gasteiger partial charge < -0.3 is 10.2 Å². The molecule has 0 aliphatic heterocycles. The molecule has 0 saturated heterocycles. The summed E-state index contributed by atoms with van der Waals surface area (Å²) in [6.07, 6.45) is 11.8. The van der Waals surface area contributed by atoms with Gasteiger partial charge in [0.1, 0.15) is 5.78 Å². The van der Waals surface area contributed by atoms with E-state index in [9.17, 15) is 15.0 Å². The topological polar surface area (TPSA) is 57.5 Å². The molecule has 3 heteroatoms. The summed E-state index contributed by atoms with van der Waals surface area (Å²) in [5.74, 6) is 0.0561. The van der Waals surface area contributed by atoms with E-state index in [1.54, 1.807) is 6.07 Å². The summed E-state index contributed by atoms with van der Waals surface area (Å²) < 4.78 is 0. The molecule has 1 rings (SSSR count). The summed E-state index contributed by atoms with van der Waals surface area (Å²) in [7, 11) is 0.